The Hall–Kier alpha value is -1.71. The van der Waals surface area contributed by atoms with E-state index in [0.717, 1.165) is 10.8 Å². The van der Waals surface area contributed by atoms with Crippen LogP contribution in [-0.4, -0.2) is 10.2 Å². The van der Waals surface area contributed by atoms with Crippen LogP contribution in [0.25, 0.3) is 22.0 Å². The summed E-state index contributed by atoms with van der Waals surface area (Å²) in [5.41, 5.74) is 1.74. The van der Waals surface area contributed by atoms with E-state index in [0.29, 0.717) is 27.0 Å². The highest BCUT2D eigenvalue weighted by molar-refractivity contribution is 6.35. The molecule has 1 heterocycles. The molecule has 0 spiro atoms. The van der Waals surface area contributed by atoms with Crippen molar-refractivity contribution >= 4 is 34.0 Å². The van der Waals surface area contributed by atoms with Crippen molar-refractivity contribution in [3.63, 3.8) is 0 Å². The third-order valence-electron chi connectivity index (χ3n) is 3.15. The predicted octanol–water partition coefficient (Wildman–Crippen LogP) is 5.05. The summed E-state index contributed by atoms with van der Waals surface area (Å²) >= 11 is 12.2. The van der Waals surface area contributed by atoms with E-state index >= 15 is 0 Å². The molecule has 0 aliphatic carbocycles. The second kappa shape index (κ2) is 5.00. The predicted molar refractivity (Wildman–Crippen MR) is 79.7 cm³/mol. The van der Waals surface area contributed by atoms with Crippen LogP contribution in [0.15, 0.2) is 36.4 Å². The monoisotopic (exact) mass is 306 g/mol. The number of nitrogens with zero attached hydrogens (tertiary/aromatic N) is 2. The maximum atomic E-state index is 13.5. The minimum Gasteiger partial charge on any atom is -0.207 e. The summed E-state index contributed by atoms with van der Waals surface area (Å²) in [6, 6.07) is 10.5. The summed E-state index contributed by atoms with van der Waals surface area (Å²) in [5, 5.41) is 10.3. The first-order valence-corrected chi connectivity index (χ1v) is 6.70. The molecule has 0 atom stereocenters. The number of aromatic nitrogens is 2. The van der Waals surface area contributed by atoms with Crippen molar-refractivity contribution in [2.24, 2.45) is 0 Å². The molecular weight excluding hydrogens is 298 g/mol. The highest BCUT2D eigenvalue weighted by Gasteiger charge is 2.14. The Morgan fingerprint density at radius 3 is 2.45 bits per heavy atom. The average molecular weight is 307 g/mol. The Balaban J connectivity index is 2.36. The van der Waals surface area contributed by atoms with Gasteiger partial charge >= 0.3 is 0 Å². The molecule has 0 radical (unpaired) electrons. The summed E-state index contributed by atoms with van der Waals surface area (Å²) in [4.78, 5) is 0. The van der Waals surface area contributed by atoms with E-state index in [9.17, 15) is 4.39 Å². The van der Waals surface area contributed by atoms with Gasteiger partial charge < -0.3 is 0 Å². The number of aryl methyl sites for hydroxylation is 1. The zero-order chi connectivity index (χ0) is 14.3. The second-order valence-corrected chi connectivity index (χ2v) is 5.23. The highest BCUT2D eigenvalue weighted by Crippen LogP contribution is 2.34. The Labute approximate surface area is 125 Å². The van der Waals surface area contributed by atoms with E-state index in [4.69, 9.17) is 23.2 Å². The molecule has 0 aliphatic heterocycles. The quantitative estimate of drug-likeness (QED) is 0.628. The Morgan fingerprint density at radius 2 is 1.70 bits per heavy atom. The van der Waals surface area contributed by atoms with E-state index < -0.39 is 0 Å². The molecule has 0 fully saturated rings. The summed E-state index contributed by atoms with van der Waals surface area (Å²) in [6.07, 6.45) is 0. The largest absolute Gasteiger partial charge is 0.207 e. The van der Waals surface area contributed by atoms with Gasteiger partial charge in [-0.3, -0.25) is 0 Å². The molecule has 3 aromatic rings. The van der Waals surface area contributed by atoms with Gasteiger partial charge in [0.15, 0.2) is 5.15 Å². The molecule has 20 heavy (non-hydrogen) atoms. The first kappa shape index (κ1) is 13.3. The van der Waals surface area contributed by atoms with Gasteiger partial charge in [-0.25, -0.2) is 4.39 Å². The smallest absolute Gasteiger partial charge is 0.159 e. The third-order valence-corrected chi connectivity index (χ3v) is 3.74. The molecule has 2 aromatic carbocycles. The summed E-state index contributed by atoms with van der Waals surface area (Å²) in [7, 11) is 0. The number of halogens is 3. The zero-order valence-electron chi connectivity index (χ0n) is 10.5. The Morgan fingerprint density at radius 1 is 1.00 bits per heavy atom. The van der Waals surface area contributed by atoms with Gasteiger partial charge in [0.25, 0.3) is 0 Å². The van der Waals surface area contributed by atoms with Gasteiger partial charge in [-0.05, 0) is 24.6 Å². The van der Waals surface area contributed by atoms with Crippen molar-refractivity contribution in [1.82, 2.24) is 10.2 Å². The van der Waals surface area contributed by atoms with Crippen LogP contribution in [0.4, 0.5) is 4.39 Å². The molecule has 2 nitrogen and oxygen atoms in total. The molecule has 0 N–H and O–H groups in total. The molecule has 5 heteroatoms. The highest BCUT2D eigenvalue weighted by atomic mass is 35.5. The molecule has 0 saturated carbocycles. The van der Waals surface area contributed by atoms with Gasteiger partial charge in [-0.1, -0.05) is 47.5 Å². The van der Waals surface area contributed by atoms with Gasteiger partial charge in [0.1, 0.15) is 11.5 Å². The lowest BCUT2D eigenvalue weighted by Crippen LogP contribution is -1.94. The second-order valence-electron chi connectivity index (χ2n) is 4.47. The van der Waals surface area contributed by atoms with Crippen LogP contribution in [0.3, 0.4) is 0 Å². The van der Waals surface area contributed by atoms with Crippen molar-refractivity contribution in [2.75, 3.05) is 0 Å². The van der Waals surface area contributed by atoms with E-state index in [1.807, 2.05) is 24.3 Å². The minimum atomic E-state index is -0.343. The maximum Gasteiger partial charge on any atom is 0.159 e. The fourth-order valence-corrected chi connectivity index (χ4v) is 2.55. The van der Waals surface area contributed by atoms with Crippen LogP contribution in [0, 0.1) is 12.7 Å². The van der Waals surface area contributed by atoms with E-state index in [1.54, 1.807) is 13.0 Å². The lowest BCUT2D eigenvalue weighted by Gasteiger charge is -2.09. The summed E-state index contributed by atoms with van der Waals surface area (Å²) in [6.45, 7) is 1.68. The van der Waals surface area contributed by atoms with Crippen LogP contribution >= 0.6 is 23.2 Å². The maximum absolute atomic E-state index is 13.5. The van der Waals surface area contributed by atoms with Crippen LogP contribution in [-0.2, 0) is 0 Å². The number of rotatable bonds is 1. The van der Waals surface area contributed by atoms with Crippen molar-refractivity contribution in [1.29, 1.82) is 0 Å². The fraction of sp³-hybridized carbons (Fsp3) is 0.0667. The number of hydrogen-bond acceptors (Lipinski definition) is 2. The standard InChI is InChI=1S/C15H9Cl2FN2/c1-8-6-11(12(16)7-13(8)18)14-9-4-2-3-5-10(9)15(17)20-19-14/h2-7H,1H3. The van der Waals surface area contributed by atoms with Crippen molar-refractivity contribution in [3.8, 4) is 11.3 Å². The minimum absolute atomic E-state index is 0.301. The van der Waals surface area contributed by atoms with E-state index in [1.165, 1.54) is 6.07 Å². The summed E-state index contributed by atoms with van der Waals surface area (Å²) < 4.78 is 13.5. The van der Waals surface area contributed by atoms with Crippen molar-refractivity contribution in [2.45, 2.75) is 6.92 Å². The van der Waals surface area contributed by atoms with Gasteiger partial charge in [0, 0.05) is 16.3 Å². The molecule has 0 unspecified atom stereocenters. The van der Waals surface area contributed by atoms with Crippen LogP contribution < -0.4 is 0 Å². The molecule has 0 amide bonds. The van der Waals surface area contributed by atoms with Crippen molar-refractivity contribution < 1.29 is 4.39 Å². The summed E-state index contributed by atoms with van der Waals surface area (Å²) in [5.74, 6) is -0.343. The number of hydrogen-bond donors (Lipinski definition) is 0. The lowest BCUT2D eigenvalue weighted by molar-refractivity contribution is 0.619. The first-order chi connectivity index (χ1) is 9.58. The van der Waals surface area contributed by atoms with Crippen LogP contribution in [0.1, 0.15) is 5.56 Å². The molecule has 0 bridgehead atoms. The lowest BCUT2D eigenvalue weighted by atomic mass is 10.0. The Kier molecular flexibility index (Phi) is 3.32. The number of fused-ring (bicyclic) bond motifs is 1. The zero-order valence-corrected chi connectivity index (χ0v) is 12.0. The Bertz CT molecular complexity index is 818. The van der Waals surface area contributed by atoms with Gasteiger partial charge in [-0.2, -0.15) is 0 Å². The topological polar surface area (TPSA) is 25.8 Å². The fourth-order valence-electron chi connectivity index (χ4n) is 2.11. The van der Waals surface area contributed by atoms with Crippen molar-refractivity contribution in [3.05, 3.63) is 58.0 Å². The molecule has 0 saturated heterocycles. The molecule has 3 rings (SSSR count). The van der Waals surface area contributed by atoms with Crippen LogP contribution in [0.2, 0.25) is 10.2 Å². The molecule has 100 valence electrons. The van der Waals surface area contributed by atoms with Gasteiger partial charge in [-0.15, -0.1) is 10.2 Å². The normalized spacial score (nSPS) is 11.0. The van der Waals surface area contributed by atoms with Crippen LogP contribution in [0.5, 0.6) is 0 Å². The first-order valence-electron chi connectivity index (χ1n) is 5.95. The molecule has 1 aromatic heterocycles. The average Bonchev–Trinajstić information content (AvgIpc) is 2.44. The van der Waals surface area contributed by atoms with Gasteiger partial charge in [0.2, 0.25) is 0 Å². The molecule has 0 aliphatic rings. The van der Waals surface area contributed by atoms with E-state index in [-0.39, 0.29) is 5.82 Å². The van der Waals surface area contributed by atoms with Gasteiger partial charge in [0.05, 0.1) is 5.02 Å². The number of benzene rings is 2. The van der Waals surface area contributed by atoms with E-state index in [2.05, 4.69) is 10.2 Å². The molecular formula is C15H9Cl2FN2. The third kappa shape index (κ3) is 2.13. The SMILES string of the molecule is Cc1cc(-c2nnc(Cl)c3ccccc23)c(Cl)cc1F.